The van der Waals surface area contributed by atoms with Crippen LogP contribution in [0.15, 0.2) is 54.6 Å². The summed E-state index contributed by atoms with van der Waals surface area (Å²) in [5, 5.41) is 8.97. The van der Waals surface area contributed by atoms with Gasteiger partial charge in [-0.3, -0.25) is 9.59 Å². The molecule has 3 N–H and O–H groups in total. The Morgan fingerprint density at radius 3 is 2.56 bits per heavy atom. The Labute approximate surface area is 159 Å². The van der Waals surface area contributed by atoms with Gasteiger partial charge < -0.3 is 20.7 Å². The Morgan fingerprint density at radius 2 is 1.78 bits per heavy atom. The molecule has 1 unspecified atom stereocenters. The smallest absolute Gasteiger partial charge is 0.262 e. The highest BCUT2D eigenvalue weighted by Crippen LogP contribution is 2.19. The summed E-state index contributed by atoms with van der Waals surface area (Å²) in [5.41, 5.74) is 1.40. The van der Waals surface area contributed by atoms with E-state index in [-0.39, 0.29) is 18.4 Å². The second-order valence-electron chi connectivity index (χ2n) is 6.68. The van der Waals surface area contributed by atoms with Crippen LogP contribution in [0.4, 0.5) is 11.4 Å². The average Bonchev–Trinajstić information content (AvgIpc) is 3.20. The zero-order chi connectivity index (χ0) is 18.9. The van der Waals surface area contributed by atoms with Gasteiger partial charge in [-0.25, -0.2) is 0 Å². The van der Waals surface area contributed by atoms with Crippen molar-refractivity contribution >= 4 is 23.2 Å². The summed E-state index contributed by atoms with van der Waals surface area (Å²) in [6.45, 7) is 1.95. The van der Waals surface area contributed by atoms with Gasteiger partial charge in [-0.1, -0.05) is 24.3 Å². The summed E-state index contributed by atoms with van der Waals surface area (Å²) in [5.74, 6) is 0.895. The Kier molecular flexibility index (Phi) is 6.82. The van der Waals surface area contributed by atoms with E-state index >= 15 is 0 Å². The van der Waals surface area contributed by atoms with Crippen molar-refractivity contribution in [1.29, 1.82) is 0 Å². The second-order valence-corrected chi connectivity index (χ2v) is 6.68. The largest absolute Gasteiger partial charge is 0.484 e. The van der Waals surface area contributed by atoms with Crippen molar-refractivity contribution in [2.45, 2.75) is 19.3 Å². The molecule has 0 saturated carbocycles. The molecule has 0 aliphatic carbocycles. The van der Waals surface area contributed by atoms with Crippen molar-refractivity contribution in [1.82, 2.24) is 5.32 Å². The second kappa shape index (κ2) is 9.73. The number of amides is 2. The third-order valence-corrected chi connectivity index (χ3v) is 4.49. The van der Waals surface area contributed by atoms with Crippen LogP contribution in [0, 0.1) is 5.92 Å². The predicted octanol–water partition coefficient (Wildman–Crippen LogP) is 3.03. The van der Waals surface area contributed by atoms with E-state index < -0.39 is 0 Å². The van der Waals surface area contributed by atoms with Gasteiger partial charge in [-0.15, -0.1) is 0 Å². The summed E-state index contributed by atoms with van der Waals surface area (Å²) >= 11 is 0. The fourth-order valence-electron chi connectivity index (χ4n) is 3.05. The van der Waals surface area contributed by atoms with E-state index in [1.54, 1.807) is 18.2 Å². The van der Waals surface area contributed by atoms with Crippen LogP contribution in [0.5, 0.6) is 5.75 Å². The number of rotatable bonds is 8. The Hall–Kier alpha value is -2.86. The number of anilines is 2. The van der Waals surface area contributed by atoms with Gasteiger partial charge in [0.1, 0.15) is 5.75 Å². The first kappa shape index (κ1) is 18.9. The van der Waals surface area contributed by atoms with E-state index in [9.17, 15) is 9.59 Å². The fourth-order valence-corrected chi connectivity index (χ4v) is 3.05. The van der Waals surface area contributed by atoms with E-state index in [0.717, 1.165) is 31.6 Å². The summed E-state index contributed by atoms with van der Waals surface area (Å²) < 4.78 is 5.53. The van der Waals surface area contributed by atoms with Gasteiger partial charge in [0, 0.05) is 23.9 Å². The van der Waals surface area contributed by atoms with Gasteiger partial charge in [-0.2, -0.15) is 0 Å². The molecule has 0 bridgehead atoms. The lowest BCUT2D eigenvalue weighted by Gasteiger charge is -2.11. The van der Waals surface area contributed by atoms with E-state index in [0.29, 0.717) is 23.8 Å². The number of hydrogen-bond donors (Lipinski definition) is 3. The molecule has 0 aromatic heterocycles. The summed E-state index contributed by atoms with van der Waals surface area (Å²) in [6.07, 6.45) is 2.55. The summed E-state index contributed by atoms with van der Waals surface area (Å²) in [4.78, 5) is 24.1. The number of carbonyl (C=O) groups is 2. The molecule has 1 saturated heterocycles. The fraction of sp³-hybridized carbons (Fsp3) is 0.333. The van der Waals surface area contributed by atoms with E-state index in [1.165, 1.54) is 0 Å². The quantitative estimate of drug-likeness (QED) is 0.670. The average molecular weight is 367 g/mol. The zero-order valence-electron chi connectivity index (χ0n) is 15.2. The Balaban J connectivity index is 1.43. The van der Waals surface area contributed by atoms with Crippen molar-refractivity contribution in [2.75, 3.05) is 30.3 Å². The molecule has 6 heteroatoms. The lowest BCUT2D eigenvalue weighted by molar-refractivity contribution is -0.118. The molecule has 0 radical (unpaired) electrons. The maximum Gasteiger partial charge on any atom is 0.262 e. The molecule has 1 aliphatic heterocycles. The van der Waals surface area contributed by atoms with Gasteiger partial charge in [-0.05, 0) is 56.1 Å². The van der Waals surface area contributed by atoms with Gasteiger partial charge >= 0.3 is 0 Å². The molecule has 2 aromatic carbocycles. The lowest BCUT2D eigenvalue weighted by Crippen LogP contribution is -2.20. The zero-order valence-corrected chi connectivity index (χ0v) is 15.2. The minimum absolute atomic E-state index is 0.000806. The maximum atomic E-state index is 12.1. The summed E-state index contributed by atoms with van der Waals surface area (Å²) in [7, 11) is 0. The number of hydrogen-bond acceptors (Lipinski definition) is 4. The first-order valence-electron chi connectivity index (χ1n) is 9.27. The standard InChI is InChI=1S/C21H25N3O3/c25-20(10-9-16-11-12-22-14-16)24-18-7-4-8-19(13-18)27-15-21(26)23-17-5-2-1-3-6-17/h1-8,13,16,22H,9-12,14-15H2,(H,23,26)(H,24,25). The summed E-state index contributed by atoms with van der Waals surface area (Å²) in [6, 6.07) is 16.3. The highest BCUT2D eigenvalue weighted by Gasteiger charge is 2.15. The predicted molar refractivity (Wildman–Crippen MR) is 106 cm³/mol. The molecule has 1 fully saturated rings. The third kappa shape index (κ3) is 6.42. The first-order chi connectivity index (χ1) is 13.2. The Morgan fingerprint density at radius 1 is 1.00 bits per heavy atom. The molecular weight excluding hydrogens is 342 g/mol. The van der Waals surface area contributed by atoms with Crippen LogP contribution in [-0.4, -0.2) is 31.5 Å². The third-order valence-electron chi connectivity index (χ3n) is 4.49. The minimum atomic E-state index is -0.235. The van der Waals surface area contributed by atoms with E-state index in [2.05, 4.69) is 16.0 Å². The molecule has 1 heterocycles. The van der Waals surface area contributed by atoms with E-state index in [1.807, 2.05) is 36.4 Å². The molecule has 2 amide bonds. The molecule has 3 rings (SSSR count). The molecule has 0 spiro atoms. The molecular formula is C21H25N3O3. The van der Waals surface area contributed by atoms with Crippen LogP contribution in [0.2, 0.25) is 0 Å². The molecule has 27 heavy (non-hydrogen) atoms. The van der Waals surface area contributed by atoms with Gasteiger partial charge in [0.15, 0.2) is 6.61 Å². The van der Waals surface area contributed by atoms with Gasteiger partial charge in [0.05, 0.1) is 0 Å². The number of benzene rings is 2. The monoisotopic (exact) mass is 367 g/mol. The SMILES string of the molecule is O=C(CCC1CCNC1)Nc1cccc(OCC(=O)Nc2ccccc2)c1. The van der Waals surface area contributed by atoms with Crippen LogP contribution in [0.3, 0.4) is 0 Å². The van der Waals surface area contributed by atoms with Crippen LogP contribution >= 0.6 is 0 Å². The molecule has 142 valence electrons. The number of carbonyl (C=O) groups excluding carboxylic acids is 2. The van der Waals surface area contributed by atoms with Crippen LogP contribution in [-0.2, 0) is 9.59 Å². The van der Waals surface area contributed by atoms with Gasteiger partial charge in [0.25, 0.3) is 5.91 Å². The maximum absolute atomic E-state index is 12.1. The highest BCUT2D eigenvalue weighted by atomic mass is 16.5. The normalized spacial score (nSPS) is 15.9. The minimum Gasteiger partial charge on any atom is -0.484 e. The van der Waals surface area contributed by atoms with Crippen LogP contribution < -0.4 is 20.7 Å². The number of ether oxygens (including phenoxy) is 1. The van der Waals surface area contributed by atoms with E-state index in [4.69, 9.17) is 4.74 Å². The van der Waals surface area contributed by atoms with Crippen molar-refractivity contribution < 1.29 is 14.3 Å². The molecule has 1 atom stereocenters. The van der Waals surface area contributed by atoms with Crippen LogP contribution in [0.1, 0.15) is 19.3 Å². The van der Waals surface area contributed by atoms with Crippen LogP contribution in [0.25, 0.3) is 0 Å². The lowest BCUT2D eigenvalue weighted by atomic mass is 10.0. The molecule has 6 nitrogen and oxygen atoms in total. The number of para-hydroxylation sites is 1. The van der Waals surface area contributed by atoms with Crippen molar-refractivity contribution in [3.63, 3.8) is 0 Å². The van der Waals surface area contributed by atoms with Crippen molar-refractivity contribution in [3.8, 4) is 5.75 Å². The van der Waals surface area contributed by atoms with Crippen molar-refractivity contribution in [3.05, 3.63) is 54.6 Å². The van der Waals surface area contributed by atoms with Gasteiger partial charge in [0.2, 0.25) is 5.91 Å². The van der Waals surface area contributed by atoms with Crippen molar-refractivity contribution in [2.24, 2.45) is 5.92 Å². The topological polar surface area (TPSA) is 79.5 Å². The number of nitrogens with one attached hydrogen (secondary N) is 3. The highest BCUT2D eigenvalue weighted by molar-refractivity contribution is 5.92. The molecule has 1 aliphatic rings. The first-order valence-corrected chi connectivity index (χ1v) is 9.27. The Bertz CT molecular complexity index is 758. The molecule has 2 aromatic rings.